The number of para-hydroxylation sites is 1. The van der Waals surface area contributed by atoms with Crippen LogP contribution in [0.15, 0.2) is 60.7 Å². The van der Waals surface area contributed by atoms with Crippen molar-refractivity contribution in [3.8, 4) is 0 Å². The number of benzene rings is 2. The molecule has 0 unspecified atom stereocenters. The molecule has 0 heterocycles. The second-order valence-corrected chi connectivity index (χ2v) is 9.55. The van der Waals surface area contributed by atoms with Crippen LogP contribution < -0.4 is 9.62 Å². The Labute approximate surface area is 180 Å². The van der Waals surface area contributed by atoms with E-state index >= 15 is 0 Å². The fourth-order valence-electron chi connectivity index (χ4n) is 3.11. The molecule has 7 nitrogen and oxygen atoms in total. The van der Waals surface area contributed by atoms with Crippen molar-refractivity contribution in [1.29, 1.82) is 0 Å². The van der Waals surface area contributed by atoms with Gasteiger partial charge in [0.1, 0.15) is 6.54 Å². The topological polar surface area (TPSA) is 73.0 Å². The molecule has 0 radical (unpaired) electrons. The predicted molar refractivity (Wildman–Crippen MR) is 121 cm³/mol. The maximum Gasteiger partial charge on any atom is 0.304 e. The Kier molecular flexibility index (Phi) is 8.83. The number of likely N-dealkylation sites (N-methyl/N-ethyl adjacent to an activating group) is 1. The summed E-state index contributed by atoms with van der Waals surface area (Å²) < 4.78 is 27.8. The molecule has 2 aromatic carbocycles. The molecule has 8 heteroatoms. The quantitative estimate of drug-likeness (QED) is 0.592. The van der Waals surface area contributed by atoms with Gasteiger partial charge in [0.2, 0.25) is 5.91 Å². The summed E-state index contributed by atoms with van der Waals surface area (Å²) in [6.07, 6.45) is 0.747. The van der Waals surface area contributed by atoms with Crippen molar-refractivity contribution in [3.05, 3.63) is 66.2 Å². The summed E-state index contributed by atoms with van der Waals surface area (Å²) >= 11 is 0. The van der Waals surface area contributed by atoms with Gasteiger partial charge in [-0.15, -0.1) is 0 Å². The number of amides is 1. The molecule has 1 N–H and O–H groups in total. The first-order valence-electron chi connectivity index (χ1n) is 10.0. The number of carbonyl (C=O) groups is 1. The van der Waals surface area contributed by atoms with Crippen LogP contribution in [0.2, 0.25) is 0 Å². The van der Waals surface area contributed by atoms with Gasteiger partial charge in [0.25, 0.3) is 0 Å². The van der Waals surface area contributed by atoms with E-state index in [9.17, 15) is 13.2 Å². The number of rotatable bonds is 11. The van der Waals surface area contributed by atoms with Gasteiger partial charge in [0.15, 0.2) is 0 Å². The van der Waals surface area contributed by atoms with Crippen molar-refractivity contribution in [2.75, 3.05) is 38.5 Å². The van der Waals surface area contributed by atoms with Crippen molar-refractivity contribution in [3.63, 3.8) is 0 Å². The number of nitrogens with one attached hydrogen (secondary N) is 1. The van der Waals surface area contributed by atoms with Gasteiger partial charge in [0, 0.05) is 33.2 Å². The molecule has 0 bridgehead atoms. The van der Waals surface area contributed by atoms with Gasteiger partial charge in [-0.25, -0.2) is 4.31 Å². The molecule has 2 aromatic rings. The van der Waals surface area contributed by atoms with E-state index in [2.05, 4.69) is 22.3 Å². The van der Waals surface area contributed by atoms with Gasteiger partial charge < -0.3 is 10.2 Å². The molecule has 0 fully saturated rings. The largest absolute Gasteiger partial charge is 0.351 e. The van der Waals surface area contributed by atoms with Crippen LogP contribution in [0.25, 0.3) is 0 Å². The lowest BCUT2D eigenvalue weighted by molar-refractivity contribution is -0.120. The predicted octanol–water partition coefficient (Wildman–Crippen LogP) is 2.33. The maximum absolute atomic E-state index is 12.8. The smallest absolute Gasteiger partial charge is 0.304 e. The van der Waals surface area contributed by atoms with E-state index in [1.54, 1.807) is 30.3 Å². The SMILES string of the molecule is CC[C@H](CN(C)Cc1ccccc1)NC(=O)CN(c1ccccc1)S(=O)(=O)N(C)C. The molecule has 0 aliphatic carbocycles. The normalized spacial score (nSPS) is 12.7. The van der Waals surface area contributed by atoms with Gasteiger partial charge in [-0.1, -0.05) is 55.5 Å². The van der Waals surface area contributed by atoms with E-state index in [4.69, 9.17) is 0 Å². The highest BCUT2D eigenvalue weighted by molar-refractivity contribution is 7.90. The molecule has 0 aliphatic heterocycles. The van der Waals surface area contributed by atoms with Crippen LogP contribution in [0.4, 0.5) is 5.69 Å². The summed E-state index contributed by atoms with van der Waals surface area (Å²) in [6.45, 7) is 3.18. The average molecular weight is 433 g/mol. The minimum atomic E-state index is -3.80. The van der Waals surface area contributed by atoms with Crippen LogP contribution in [0.3, 0.4) is 0 Å². The summed E-state index contributed by atoms with van der Waals surface area (Å²) in [5.74, 6) is -0.329. The van der Waals surface area contributed by atoms with E-state index in [1.165, 1.54) is 19.7 Å². The summed E-state index contributed by atoms with van der Waals surface area (Å²) in [6, 6.07) is 18.7. The maximum atomic E-state index is 12.8. The lowest BCUT2D eigenvalue weighted by atomic mass is 10.1. The molecular weight excluding hydrogens is 400 g/mol. The molecule has 0 saturated heterocycles. The van der Waals surface area contributed by atoms with Gasteiger partial charge in [0.05, 0.1) is 5.69 Å². The lowest BCUT2D eigenvalue weighted by Crippen LogP contribution is -2.49. The zero-order chi connectivity index (χ0) is 22.1. The monoisotopic (exact) mass is 432 g/mol. The van der Waals surface area contributed by atoms with Crippen LogP contribution in [0, 0.1) is 0 Å². The van der Waals surface area contributed by atoms with Crippen LogP contribution in [-0.2, 0) is 21.5 Å². The van der Waals surface area contributed by atoms with E-state index in [0.29, 0.717) is 12.2 Å². The molecule has 0 aromatic heterocycles. The van der Waals surface area contributed by atoms with Crippen LogP contribution >= 0.6 is 0 Å². The molecule has 30 heavy (non-hydrogen) atoms. The first-order chi connectivity index (χ1) is 14.2. The standard InChI is InChI=1S/C22H32N4O3S/c1-5-20(17-25(4)16-19-12-8-6-9-13-19)23-22(27)18-26(30(28,29)24(2)3)21-14-10-7-11-15-21/h6-15,20H,5,16-18H2,1-4H3,(H,23,27)/t20-/m1/s1. The van der Waals surface area contributed by atoms with E-state index in [-0.39, 0.29) is 18.5 Å². The second-order valence-electron chi connectivity index (χ2n) is 7.49. The van der Waals surface area contributed by atoms with Crippen molar-refractivity contribution in [2.45, 2.75) is 25.9 Å². The Morgan fingerprint density at radius 2 is 1.53 bits per heavy atom. The fraction of sp³-hybridized carbons (Fsp3) is 0.409. The van der Waals surface area contributed by atoms with Crippen molar-refractivity contribution >= 4 is 21.8 Å². The van der Waals surface area contributed by atoms with Gasteiger partial charge >= 0.3 is 10.2 Å². The van der Waals surface area contributed by atoms with Crippen LogP contribution in [0.5, 0.6) is 0 Å². The summed E-state index contributed by atoms with van der Waals surface area (Å²) in [5.41, 5.74) is 1.66. The first-order valence-corrected chi connectivity index (χ1v) is 11.4. The first kappa shape index (κ1) is 23.9. The summed E-state index contributed by atoms with van der Waals surface area (Å²) in [4.78, 5) is 14.9. The van der Waals surface area contributed by atoms with Gasteiger partial charge in [-0.2, -0.15) is 12.7 Å². The number of nitrogens with zero attached hydrogens (tertiary/aromatic N) is 3. The highest BCUT2D eigenvalue weighted by atomic mass is 32.2. The van der Waals surface area contributed by atoms with Crippen molar-refractivity contribution in [2.24, 2.45) is 0 Å². The number of carbonyl (C=O) groups excluding carboxylic acids is 1. The molecule has 1 amide bonds. The molecule has 0 aliphatic rings. The minimum Gasteiger partial charge on any atom is -0.351 e. The highest BCUT2D eigenvalue weighted by Crippen LogP contribution is 2.18. The van der Waals surface area contributed by atoms with Crippen LogP contribution in [0.1, 0.15) is 18.9 Å². The Bertz CT molecular complexity index is 889. The molecule has 1 atom stereocenters. The van der Waals surface area contributed by atoms with Gasteiger partial charge in [-0.05, 0) is 31.2 Å². The third-order valence-electron chi connectivity index (χ3n) is 4.76. The molecule has 0 saturated carbocycles. The van der Waals surface area contributed by atoms with Crippen molar-refractivity contribution < 1.29 is 13.2 Å². The highest BCUT2D eigenvalue weighted by Gasteiger charge is 2.27. The second kappa shape index (κ2) is 11.1. The fourth-order valence-corrected chi connectivity index (χ4v) is 4.18. The average Bonchev–Trinajstić information content (AvgIpc) is 2.72. The zero-order valence-electron chi connectivity index (χ0n) is 18.2. The third kappa shape index (κ3) is 6.83. The number of hydrogen-bond donors (Lipinski definition) is 1. The molecule has 2 rings (SSSR count). The van der Waals surface area contributed by atoms with E-state index in [0.717, 1.165) is 21.6 Å². The minimum absolute atomic E-state index is 0.0779. The molecule has 164 valence electrons. The Morgan fingerprint density at radius 3 is 2.07 bits per heavy atom. The summed E-state index contributed by atoms with van der Waals surface area (Å²) in [7, 11) is 1.12. The van der Waals surface area contributed by atoms with Crippen molar-refractivity contribution in [1.82, 2.24) is 14.5 Å². The molecule has 0 spiro atoms. The third-order valence-corrected chi connectivity index (χ3v) is 6.58. The van der Waals surface area contributed by atoms with E-state index in [1.807, 2.05) is 32.2 Å². The zero-order valence-corrected chi connectivity index (χ0v) is 19.0. The molecular formula is C22H32N4O3S. The number of anilines is 1. The lowest BCUT2D eigenvalue weighted by Gasteiger charge is -2.29. The summed E-state index contributed by atoms with van der Waals surface area (Å²) in [5, 5.41) is 2.99. The van der Waals surface area contributed by atoms with E-state index < -0.39 is 10.2 Å². The Balaban J connectivity index is 2.04. The van der Waals surface area contributed by atoms with Gasteiger partial charge in [-0.3, -0.25) is 4.79 Å². The number of hydrogen-bond acceptors (Lipinski definition) is 4. The van der Waals surface area contributed by atoms with Crippen LogP contribution in [-0.4, -0.2) is 63.8 Å². The Hall–Kier alpha value is -2.42. The Morgan fingerprint density at radius 1 is 0.967 bits per heavy atom.